The van der Waals surface area contributed by atoms with Gasteiger partial charge in [0, 0.05) is 6.07 Å². The second-order valence-corrected chi connectivity index (χ2v) is 3.74. The third-order valence-electron chi connectivity index (χ3n) is 2.38. The molecule has 18 heavy (non-hydrogen) atoms. The molecule has 1 aromatic heterocycles. The van der Waals surface area contributed by atoms with Crippen molar-refractivity contribution >= 4 is 11.9 Å². The van der Waals surface area contributed by atoms with Crippen molar-refractivity contribution in [3.63, 3.8) is 0 Å². The van der Waals surface area contributed by atoms with Gasteiger partial charge in [0.1, 0.15) is 5.75 Å². The molecule has 1 N–H and O–H groups in total. The van der Waals surface area contributed by atoms with E-state index in [0.717, 1.165) is 5.56 Å². The number of hydrogen-bond donors (Lipinski definition) is 1. The number of rotatable bonds is 3. The first-order valence-corrected chi connectivity index (χ1v) is 5.35. The van der Waals surface area contributed by atoms with E-state index in [1.54, 1.807) is 24.3 Å². The van der Waals surface area contributed by atoms with Crippen LogP contribution in [0.3, 0.4) is 0 Å². The number of pyridine rings is 1. The number of ketones is 1. The first kappa shape index (κ1) is 11.9. The highest BCUT2D eigenvalue weighted by Gasteiger charge is 2.04. The third kappa shape index (κ3) is 2.95. The lowest BCUT2D eigenvalue weighted by Gasteiger charge is -1.97. The number of aromatic nitrogens is 1. The lowest BCUT2D eigenvalue weighted by molar-refractivity contribution is -0.605. The van der Waals surface area contributed by atoms with Gasteiger partial charge >= 0.3 is 0 Å². The fourth-order valence-electron chi connectivity index (χ4n) is 1.45. The van der Waals surface area contributed by atoms with E-state index in [1.165, 1.54) is 36.7 Å². The molecule has 4 nitrogen and oxygen atoms in total. The number of nitrogens with zero attached hydrogens (tertiary/aromatic N) is 1. The van der Waals surface area contributed by atoms with Crippen LogP contribution in [0.1, 0.15) is 15.9 Å². The minimum absolute atomic E-state index is 0.175. The van der Waals surface area contributed by atoms with Crippen LogP contribution in [0.4, 0.5) is 0 Å². The molecule has 0 spiro atoms. The predicted octanol–water partition coefficient (Wildman–Crippen LogP) is 1.92. The molecule has 0 aliphatic carbocycles. The van der Waals surface area contributed by atoms with Crippen LogP contribution in [0.15, 0.2) is 54.9 Å². The zero-order chi connectivity index (χ0) is 13.0. The number of phenols is 1. The van der Waals surface area contributed by atoms with Crippen molar-refractivity contribution in [3.05, 3.63) is 71.2 Å². The van der Waals surface area contributed by atoms with Crippen LogP contribution >= 0.6 is 0 Å². The molecule has 90 valence electrons. The summed E-state index contributed by atoms with van der Waals surface area (Å²) in [5, 5.41) is 20.1. The topological polar surface area (TPSA) is 64.2 Å². The van der Waals surface area contributed by atoms with Crippen LogP contribution in [0.5, 0.6) is 5.75 Å². The molecule has 0 saturated heterocycles. The Morgan fingerprint density at radius 2 is 1.94 bits per heavy atom. The molecule has 2 aromatic rings. The highest BCUT2D eigenvalue weighted by Crippen LogP contribution is 2.11. The molecule has 0 saturated carbocycles. The van der Waals surface area contributed by atoms with Gasteiger partial charge in [-0.3, -0.25) is 4.79 Å². The maximum Gasteiger partial charge on any atom is 0.191 e. The SMILES string of the molecule is O=C(C=Cc1ccc(O)cc1)c1ccc[n+]([O-])c1. The third-order valence-corrected chi connectivity index (χ3v) is 2.38. The molecule has 0 radical (unpaired) electrons. The fourth-order valence-corrected chi connectivity index (χ4v) is 1.45. The number of allylic oxidation sites excluding steroid dienone is 1. The van der Waals surface area contributed by atoms with Crippen LogP contribution in [-0.2, 0) is 0 Å². The number of carbonyl (C=O) groups is 1. The fraction of sp³-hybridized carbons (Fsp3) is 0. The molecular weight excluding hydrogens is 230 g/mol. The van der Waals surface area contributed by atoms with Gasteiger partial charge in [0.2, 0.25) is 0 Å². The van der Waals surface area contributed by atoms with Gasteiger partial charge in [0.15, 0.2) is 18.2 Å². The van der Waals surface area contributed by atoms with Crippen molar-refractivity contribution in [2.75, 3.05) is 0 Å². The first-order valence-electron chi connectivity index (χ1n) is 5.35. The summed E-state index contributed by atoms with van der Waals surface area (Å²) >= 11 is 0. The highest BCUT2D eigenvalue weighted by atomic mass is 16.5. The van der Waals surface area contributed by atoms with Gasteiger partial charge in [-0.05, 0) is 29.8 Å². The minimum atomic E-state index is -0.242. The van der Waals surface area contributed by atoms with Gasteiger partial charge in [-0.25, -0.2) is 0 Å². The molecule has 0 atom stereocenters. The zero-order valence-electron chi connectivity index (χ0n) is 9.48. The van der Waals surface area contributed by atoms with Gasteiger partial charge in [0.25, 0.3) is 0 Å². The van der Waals surface area contributed by atoms with Gasteiger partial charge in [-0.15, -0.1) is 0 Å². The van der Waals surface area contributed by atoms with Crippen LogP contribution in [-0.4, -0.2) is 10.9 Å². The van der Waals surface area contributed by atoms with Crippen molar-refractivity contribution in [1.29, 1.82) is 0 Å². The Hall–Kier alpha value is -2.62. The summed E-state index contributed by atoms with van der Waals surface area (Å²) in [5.74, 6) is -0.0674. The van der Waals surface area contributed by atoms with Gasteiger partial charge in [-0.1, -0.05) is 18.2 Å². The van der Waals surface area contributed by atoms with Crippen molar-refractivity contribution in [2.24, 2.45) is 0 Å². The number of aromatic hydroxyl groups is 1. The number of hydrogen-bond acceptors (Lipinski definition) is 3. The van der Waals surface area contributed by atoms with Crippen LogP contribution in [0.2, 0.25) is 0 Å². The van der Waals surface area contributed by atoms with Crippen LogP contribution < -0.4 is 4.73 Å². The second-order valence-electron chi connectivity index (χ2n) is 3.74. The zero-order valence-corrected chi connectivity index (χ0v) is 9.48. The molecule has 0 bridgehead atoms. The Morgan fingerprint density at radius 1 is 1.22 bits per heavy atom. The van der Waals surface area contributed by atoms with E-state index in [9.17, 15) is 10.0 Å². The molecule has 0 amide bonds. The van der Waals surface area contributed by atoms with E-state index in [2.05, 4.69) is 0 Å². The summed E-state index contributed by atoms with van der Waals surface area (Å²) in [5.41, 5.74) is 1.13. The number of benzene rings is 1. The normalized spacial score (nSPS) is 10.7. The number of carbonyl (C=O) groups excluding carboxylic acids is 1. The minimum Gasteiger partial charge on any atom is -0.619 e. The Labute approximate surface area is 104 Å². The summed E-state index contributed by atoms with van der Waals surface area (Å²) in [6.07, 6.45) is 5.57. The van der Waals surface area contributed by atoms with E-state index >= 15 is 0 Å². The summed E-state index contributed by atoms with van der Waals surface area (Å²) < 4.78 is 0.585. The maximum atomic E-state index is 11.7. The van der Waals surface area contributed by atoms with E-state index in [1.807, 2.05) is 0 Å². The second kappa shape index (κ2) is 5.14. The molecule has 1 aromatic carbocycles. The molecule has 0 unspecified atom stereocenters. The Morgan fingerprint density at radius 3 is 2.61 bits per heavy atom. The van der Waals surface area contributed by atoms with Crippen LogP contribution in [0, 0.1) is 5.21 Å². The average Bonchev–Trinajstić information content (AvgIpc) is 2.38. The van der Waals surface area contributed by atoms with E-state index in [-0.39, 0.29) is 11.5 Å². The molecule has 2 rings (SSSR count). The van der Waals surface area contributed by atoms with Crippen molar-refractivity contribution in [2.45, 2.75) is 0 Å². The summed E-state index contributed by atoms with van der Waals surface area (Å²) in [4.78, 5) is 11.7. The quantitative estimate of drug-likeness (QED) is 0.386. The van der Waals surface area contributed by atoms with E-state index < -0.39 is 0 Å². The van der Waals surface area contributed by atoms with Crippen molar-refractivity contribution in [3.8, 4) is 5.75 Å². The molecule has 0 fully saturated rings. The molecule has 1 heterocycles. The molecule has 4 heteroatoms. The molecule has 0 aliphatic heterocycles. The van der Waals surface area contributed by atoms with Gasteiger partial charge in [0.05, 0.1) is 5.56 Å². The summed E-state index contributed by atoms with van der Waals surface area (Å²) in [6.45, 7) is 0. The predicted molar refractivity (Wildman–Crippen MR) is 66.9 cm³/mol. The van der Waals surface area contributed by atoms with Gasteiger partial charge < -0.3 is 10.3 Å². The monoisotopic (exact) mass is 241 g/mol. The smallest absolute Gasteiger partial charge is 0.191 e. The summed E-state index contributed by atoms with van der Waals surface area (Å²) in [7, 11) is 0. The maximum absolute atomic E-state index is 11.7. The highest BCUT2D eigenvalue weighted by molar-refractivity contribution is 6.06. The Bertz CT molecular complexity index is 588. The average molecular weight is 241 g/mol. The summed E-state index contributed by atoms with van der Waals surface area (Å²) in [6, 6.07) is 9.57. The number of phenolic OH excluding ortho intramolecular Hbond substituents is 1. The lowest BCUT2D eigenvalue weighted by atomic mass is 10.1. The molecule has 0 aliphatic rings. The standard InChI is InChI=1S/C14H11NO3/c16-13-6-3-11(4-7-13)5-8-14(17)12-2-1-9-15(18)10-12/h1-10,16H. The first-order chi connectivity index (χ1) is 8.65. The van der Waals surface area contributed by atoms with Crippen LogP contribution in [0.25, 0.3) is 6.08 Å². The molecular formula is C14H11NO3. The van der Waals surface area contributed by atoms with Gasteiger partial charge in [-0.2, -0.15) is 4.73 Å². The Kier molecular flexibility index (Phi) is 3.38. The largest absolute Gasteiger partial charge is 0.619 e. The Balaban J connectivity index is 2.14. The van der Waals surface area contributed by atoms with Crippen molar-refractivity contribution in [1.82, 2.24) is 0 Å². The lowest BCUT2D eigenvalue weighted by Crippen LogP contribution is -2.25. The van der Waals surface area contributed by atoms with Crippen molar-refractivity contribution < 1.29 is 14.6 Å². The van der Waals surface area contributed by atoms with E-state index in [0.29, 0.717) is 10.3 Å². The van der Waals surface area contributed by atoms with E-state index in [4.69, 9.17) is 5.11 Å².